The van der Waals surface area contributed by atoms with Crippen LogP contribution in [0.4, 0.5) is 0 Å². The van der Waals surface area contributed by atoms with Crippen LogP contribution in [0.2, 0.25) is 0 Å². The fraction of sp³-hybridized carbons (Fsp3) is 0.421. The van der Waals surface area contributed by atoms with Crippen molar-refractivity contribution in [3.05, 3.63) is 60.1 Å². The Hall–Kier alpha value is -2.11. The van der Waals surface area contributed by atoms with Crippen molar-refractivity contribution in [3.8, 4) is 0 Å². The molecule has 5 heteroatoms. The zero-order valence-electron chi connectivity index (χ0n) is 13.9. The van der Waals surface area contributed by atoms with Crippen molar-refractivity contribution in [2.45, 2.75) is 32.0 Å². The third-order valence-electron chi connectivity index (χ3n) is 4.35. The molecule has 1 atom stereocenters. The monoisotopic (exact) mass is 327 g/mol. The van der Waals surface area contributed by atoms with Gasteiger partial charge < -0.3 is 15.1 Å². The first-order valence-electron chi connectivity index (χ1n) is 8.58. The van der Waals surface area contributed by atoms with Gasteiger partial charge >= 0.3 is 0 Å². The van der Waals surface area contributed by atoms with Crippen molar-refractivity contribution in [1.29, 1.82) is 0 Å². The maximum absolute atomic E-state index is 11.8. The first-order valence-corrected chi connectivity index (χ1v) is 8.58. The number of carbonyl (C=O) groups excluding carboxylic acids is 1. The number of hydrogen-bond acceptors (Lipinski definition) is 4. The van der Waals surface area contributed by atoms with Crippen LogP contribution in [-0.2, 0) is 17.9 Å². The Kier molecular flexibility index (Phi) is 6.04. The van der Waals surface area contributed by atoms with Crippen molar-refractivity contribution in [3.63, 3.8) is 0 Å². The minimum Gasteiger partial charge on any atom is -0.467 e. The quantitative estimate of drug-likeness (QED) is 0.780. The van der Waals surface area contributed by atoms with Crippen LogP contribution in [0.3, 0.4) is 0 Å². The Balaban J connectivity index is 1.29. The average Bonchev–Trinajstić information content (AvgIpc) is 3.26. The van der Waals surface area contributed by atoms with Crippen LogP contribution in [0.1, 0.15) is 24.2 Å². The van der Waals surface area contributed by atoms with Gasteiger partial charge in [-0.05, 0) is 24.1 Å². The van der Waals surface area contributed by atoms with E-state index in [0.29, 0.717) is 25.6 Å². The van der Waals surface area contributed by atoms with Crippen LogP contribution in [0.25, 0.3) is 0 Å². The normalized spacial score (nSPS) is 17.9. The van der Waals surface area contributed by atoms with Gasteiger partial charge in [-0.15, -0.1) is 0 Å². The number of nitrogens with zero attached hydrogens (tertiary/aromatic N) is 1. The number of rotatable bonds is 8. The zero-order valence-corrected chi connectivity index (χ0v) is 13.9. The van der Waals surface area contributed by atoms with Gasteiger partial charge in [-0.2, -0.15) is 0 Å². The summed E-state index contributed by atoms with van der Waals surface area (Å²) >= 11 is 0. The standard InChI is InChI=1S/C19H25N3O2/c23-19(21-13-18-7-4-12-24-18)8-10-20-17-9-11-22(15-17)14-16-5-2-1-3-6-16/h1-7,12,17,20H,8-11,13-15H2,(H,21,23)/t17-/m1/s1. The molecule has 1 amide bonds. The molecule has 0 aliphatic carbocycles. The van der Waals surface area contributed by atoms with E-state index in [1.165, 1.54) is 5.56 Å². The lowest BCUT2D eigenvalue weighted by Crippen LogP contribution is -2.35. The molecular weight excluding hydrogens is 302 g/mol. The maximum Gasteiger partial charge on any atom is 0.221 e. The fourth-order valence-corrected chi connectivity index (χ4v) is 3.06. The number of hydrogen-bond donors (Lipinski definition) is 2. The van der Waals surface area contributed by atoms with Crippen molar-refractivity contribution >= 4 is 5.91 Å². The topological polar surface area (TPSA) is 57.5 Å². The molecule has 5 nitrogen and oxygen atoms in total. The molecule has 2 N–H and O–H groups in total. The molecule has 1 aromatic heterocycles. The summed E-state index contributed by atoms with van der Waals surface area (Å²) in [5, 5.41) is 6.36. The summed E-state index contributed by atoms with van der Waals surface area (Å²) in [7, 11) is 0. The van der Waals surface area contributed by atoms with Gasteiger partial charge in [0.2, 0.25) is 5.91 Å². The minimum atomic E-state index is 0.0537. The molecule has 24 heavy (non-hydrogen) atoms. The molecule has 0 spiro atoms. The Morgan fingerprint density at radius 2 is 2.08 bits per heavy atom. The lowest BCUT2D eigenvalue weighted by atomic mass is 10.2. The van der Waals surface area contributed by atoms with Crippen molar-refractivity contribution < 1.29 is 9.21 Å². The van der Waals surface area contributed by atoms with Crippen LogP contribution in [0.5, 0.6) is 0 Å². The second kappa shape index (κ2) is 8.66. The zero-order chi connectivity index (χ0) is 16.6. The van der Waals surface area contributed by atoms with E-state index in [2.05, 4.69) is 45.9 Å². The number of furan rings is 1. The van der Waals surface area contributed by atoms with Gasteiger partial charge in [0.05, 0.1) is 12.8 Å². The highest BCUT2D eigenvalue weighted by atomic mass is 16.3. The van der Waals surface area contributed by atoms with E-state index in [1.54, 1.807) is 6.26 Å². The molecule has 1 saturated heterocycles. The molecule has 1 fully saturated rings. The van der Waals surface area contributed by atoms with Gasteiger partial charge in [0.15, 0.2) is 0 Å². The van der Waals surface area contributed by atoms with E-state index >= 15 is 0 Å². The van der Waals surface area contributed by atoms with Crippen LogP contribution >= 0.6 is 0 Å². The molecule has 2 heterocycles. The Bertz CT molecular complexity index is 613. The third-order valence-corrected chi connectivity index (χ3v) is 4.35. The average molecular weight is 327 g/mol. The summed E-state index contributed by atoms with van der Waals surface area (Å²) < 4.78 is 5.19. The molecular formula is C19H25N3O2. The molecule has 3 rings (SSSR count). The number of nitrogens with one attached hydrogen (secondary N) is 2. The van der Waals surface area contributed by atoms with Gasteiger partial charge in [0.25, 0.3) is 0 Å². The van der Waals surface area contributed by atoms with Gasteiger partial charge in [0.1, 0.15) is 5.76 Å². The van der Waals surface area contributed by atoms with Crippen LogP contribution in [0, 0.1) is 0 Å². The number of carbonyl (C=O) groups is 1. The van der Waals surface area contributed by atoms with Crippen molar-refractivity contribution in [2.75, 3.05) is 19.6 Å². The van der Waals surface area contributed by atoms with E-state index in [9.17, 15) is 4.79 Å². The maximum atomic E-state index is 11.8. The van der Waals surface area contributed by atoms with Crippen LogP contribution in [0.15, 0.2) is 53.1 Å². The summed E-state index contributed by atoms with van der Waals surface area (Å²) in [5.41, 5.74) is 1.36. The summed E-state index contributed by atoms with van der Waals surface area (Å²) in [6, 6.07) is 14.7. The van der Waals surface area contributed by atoms with Gasteiger partial charge in [0, 0.05) is 38.6 Å². The lowest BCUT2D eigenvalue weighted by molar-refractivity contribution is -0.121. The fourth-order valence-electron chi connectivity index (χ4n) is 3.06. The molecule has 1 aromatic carbocycles. The van der Waals surface area contributed by atoms with Gasteiger partial charge in [-0.25, -0.2) is 0 Å². The highest BCUT2D eigenvalue weighted by Crippen LogP contribution is 2.13. The summed E-state index contributed by atoms with van der Waals surface area (Å²) in [6.07, 6.45) is 3.25. The number of likely N-dealkylation sites (tertiary alicyclic amines) is 1. The van der Waals surface area contributed by atoms with Crippen molar-refractivity contribution in [2.24, 2.45) is 0 Å². The second-order valence-electron chi connectivity index (χ2n) is 6.27. The summed E-state index contributed by atoms with van der Waals surface area (Å²) in [4.78, 5) is 14.3. The predicted molar refractivity (Wildman–Crippen MR) is 93.3 cm³/mol. The molecule has 2 aromatic rings. The Labute approximate surface area is 143 Å². The molecule has 128 valence electrons. The smallest absolute Gasteiger partial charge is 0.221 e. The van der Waals surface area contributed by atoms with E-state index in [0.717, 1.165) is 31.8 Å². The lowest BCUT2D eigenvalue weighted by Gasteiger charge is -2.16. The number of benzene rings is 1. The van der Waals surface area contributed by atoms with Gasteiger partial charge in [-0.3, -0.25) is 9.69 Å². The molecule has 0 unspecified atom stereocenters. The molecule has 0 bridgehead atoms. The van der Waals surface area contributed by atoms with Crippen LogP contribution in [-0.4, -0.2) is 36.5 Å². The third kappa shape index (κ3) is 5.22. The highest BCUT2D eigenvalue weighted by molar-refractivity contribution is 5.75. The van der Waals surface area contributed by atoms with Gasteiger partial charge in [-0.1, -0.05) is 30.3 Å². The van der Waals surface area contributed by atoms with Crippen molar-refractivity contribution in [1.82, 2.24) is 15.5 Å². The molecule has 0 saturated carbocycles. The van der Waals surface area contributed by atoms with Crippen LogP contribution < -0.4 is 10.6 Å². The largest absolute Gasteiger partial charge is 0.467 e. The Morgan fingerprint density at radius 3 is 2.88 bits per heavy atom. The summed E-state index contributed by atoms with van der Waals surface area (Å²) in [5.74, 6) is 0.835. The minimum absolute atomic E-state index is 0.0537. The predicted octanol–water partition coefficient (Wildman–Crippen LogP) is 2.15. The summed E-state index contributed by atoms with van der Waals surface area (Å²) in [6.45, 7) is 4.33. The number of amides is 1. The highest BCUT2D eigenvalue weighted by Gasteiger charge is 2.21. The first kappa shape index (κ1) is 16.7. The molecule has 1 aliphatic heterocycles. The first-order chi connectivity index (χ1) is 11.8. The SMILES string of the molecule is O=C(CCN[C@@H]1CCN(Cc2ccccc2)C1)NCc1ccco1. The molecule has 0 radical (unpaired) electrons. The van der Waals surface area contributed by atoms with E-state index in [1.807, 2.05) is 12.1 Å². The van der Waals surface area contributed by atoms with E-state index < -0.39 is 0 Å². The Morgan fingerprint density at radius 1 is 1.21 bits per heavy atom. The van der Waals surface area contributed by atoms with E-state index in [4.69, 9.17) is 4.42 Å². The second-order valence-corrected chi connectivity index (χ2v) is 6.27. The molecule has 1 aliphatic rings. The van der Waals surface area contributed by atoms with E-state index in [-0.39, 0.29) is 5.91 Å².